The van der Waals surface area contributed by atoms with Gasteiger partial charge in [0.05, 0.1) is 10.9 Å². The highest BCUT2D eigenvalue weighted by atomic mass is 35.5. The monoisotopic (exact) mass is 436 g/mol. The fourth-order valence-electron chi connectivity index (χ4n) is 2.58. The lowest BCUT2D eigenvalue weighted by Crippen LogP contribution is -2.29. The number of hydrogen-bond donors (Lipinski definition) is 1. The lowest BCUT2D eigenvalue weighted by atomic mass is 10.2. The maximum absolute atomic E-state index is 12.6. The number of halogens is 1. The van der Waals surface area contributed by atoms with Crippen molar-refractivity contribution in [2.45, 2.75) is 17.9 Å². The van der Waals surface area contributed by atoms with E-state index < -0.39 is 21.8 Å². The Kier molecular flexibility index (Phi) is 5.53. The molecule has 29 heavy (non-hydrogen) atoms. The number of nitrogens with zero attached hydrogens (tertiary/aromatic N) is 5. The normalized spacial score (nSPS) is 12.6. The quantitative estimate of drug-likeness (QED) is 0.629. The van der Waals surface area contributed by atoms with E-state index in [9.17, 15) is 18.0 Å². The molecule has 2 heterocycles. The molecule has 0 bridgehead atoms. The maximum Gasteiger partial charge on any atom is 0.266 e. The SMILES string of the molecule is C[C@H](NC(=O)c1cc(Cl)cc(S(C)(=O)=O)c1)c1ncnn1-c1ccc(=O)n(C)n1. The number of aryl methyl sites for hydroxylation is 1. The van der Waals surface area contributed by atoms with Crippen molar-refractivity contribution in [1.82, 2.24) is 29.9 Å². The van der Waals surface area contributed by atoms with Crippen LogP contribution in [0, 0.1) is 0 Å². The molecule has 2 aromatic heterocycles. The molecule has 1 amide bonds. The van der Waals surface area contributed by atoms with Crippen LogP contribution in [-0.2, 0) is 16.9 Å². The van der Waals surface area contributed by atoms with E-state index >= 15 is 0 Å². The van der Waals surface area contributed by atoms with E-state index in [0.717, 1.165) is 10.9 Å². The zero-order valence-electron chi connectivity index (χ0n) is 15.7. The molecule has 1 aromatic carbocycles. The second-order valence-corrected chi connectivity index (χ2v) is 8.78. The minimum absolute atomic E-state index is 0.0552. The van der Waals surface area contributed by atoms with Gasteiger partial charge in [-0.3, -0.25) is 9.59 Å². The van der Waals surface area contributed by atoms with Gasteiger partial charge < -0.3 is 5.32 Å². The van der Waals surface area contributed by atoms with Crippen molar-refractivity contribution in [3.63, 3.8) is 0 Å². The highest BCUT2D eigenvalue weighted by molar-refractivity contribution is 7.90. The molecule has 0 spiro atoms. The Morgan fingerprint density at radius 1 is 1.24 bits per heavy atom. The smallest absolute Gasteiger partial charge is 0.266 e. The highest BCUT2D eigenvalue weighted by Crippen LogP contribution is 2.20. The first kappa shape index (κ1) is 20.7. The number of sulfone groups is 1. The fraction of sp³-hybridized carbons (Fsp3) is 0.235. The van der Waals surface area contributed by atoms with Crippen LogP contribution in [0.1, 0.15) is 29.1 Å². The number of carbonyl (C=O) groups excluding carboxylic acids is 1. The molecule has 152 valence electrons. The van der Waals surface area contributed by atoms with Gasteiger partial charge >= 0.3 is 0 Å². The summed E-state index contributed by atoms with van der Waals surface area (Å²) in [5.41, 5.74) is -0.185. The zero-order valence-corrected chi connectivity index (χ0v) is 17.3. The Morgan fingerprint density at radius 2 is 1.97 bits per heavy atom. The van der Waals surface area contributed by atoms with Crippen molar-refractivity contribution in [1.29, 1.82) is 0 Å². The van der Waals surface area contributed by atoms with Crippen molar-refractivity contribution < 1.29 is 13.2 Å². The summed E-state index contributed by atoms with van der Waals surface area (Å²) in [6.45, 7) is 1.68. The van der Waals surface area contributed by atoms with Crippen molar-refractivity contribution in [3.05, 3.63) is 63.4 Å². The van der Waals surface area contributed by atoms with Crippen molar-refractivity contribution in [2.24, 2.45) is 7.05 Å². The molecule has 0 saturated heterocycles. The van der Waals surface area contributed by atoms with Gasteiger partial charge in [-0.2, -0.15) is 9.78 Å². The van der Waals surface area contributed by atoms with Crippen LogP contribution in [0.2, 0.25) is 5.02 Å². The molecule has 3 aromatic rings. The number of carbonyl (C=O) groups is 1. The minimum atomic E-state index is -3.53. The van der Waals surface area contributed by atoms with Gasteiger partial charge in [0.25, 0.3) is 11.5 Å². The summed E-state index contributed by atoms with van der Waals surface area (Å²) < 4.78 is 26.1. The van der Waals surface area contributed by atoms with Gasteiger partial charge in [-0.05, 0) is 31.2 Å². The standard InChI is InChI=1S/C17H17ClN6O4S/c1-10(16-19-9-20-24(16)14-4-5-15(25)23(2)22-14)21-17(26)11-6-12(18)8-13(7-11)29(3,27)28/h4-10H,1-3H3,(H,21,26)/t10-/m0/s1. The Bertz CT molecular complexity index is 1250. The minimum Gasteiger partial charge on any atom is -0.342 e. The maximum atomic E-state index is 12.6. The summed E-state index contributed by atoms with van der Waals surface area (Å²) in [5, 5.41) is 11.1. The Balaban J connectivity index is 1.88. The topological polar surface area (TPSA) is 129 Å². The Labute approximate surface area is 171 Å². The second kappa shape index (κ2) is 7.76. The van der Waals surface area contributed by atoms with E-state index in [0.29, 0.717) is 11.6 Å². The first-order chi connectivity index (χ1) is 13.6. The van der Waals surface area contributed by atoms with E-state index in [1.54, 1.807) is 6.92 Å². The molecule has 0 aliphatic heterocycles. The first-order valence-corrected chi connectivity index (χ1v) is 10.6. The van der Waals surface area contributed by atoms with Crippen LogP contribution in [0.15, 0.2) is 46.3 Å². The zero-order chi connectivity index (χ0) is 21.3. The number of benzene rings is 1. The third-order valence-electron chi connectivity index (χ3n) is 4.03. The summed E-state index contributed by atoms with van der Waals surface area (Å²) in [6, 6.07) is 6.13. The molecule has 3 rings (SSSR count). The average molecular weight is 437 g/mol. The summed E-state index contributed by atoms with van der Waals surface area (Å²) in [4.78, 5) is 28.3. The van der Waals surface area contributed by atoms with Crippen LogP contribution in [0.4, 0.5) is 0 Å². The van der Waals surface area contributed by atoms with Gasteiger partial charge in [0.2, 0.25) is 0 Å². The van der Waals surface area contributed by atoms with Gasteiger partial charge in [-0.25, -0.2) is 18.1 Å². The predicted octanol–water partition coefficient (Wildman–Crippen LogP) is 0.909. The lowest BCUT2D eigenvalue weighted by Gasteiger charge is -2.15. The van der Waals surface area contributed by atoms with Crippen LogP contribution in [0.25, 0.3) is 5.82 Å². The largest absolute Gasteiger partial charge is 0.342 e. The Morgan fingerprint density at radius 3 is 2.62 bits per heavy atom. The summed E-state index contributed by atoms with van der Waals surface area (Å²) >= 11 is 5.96. The van der Waals surface area contributed by atoms with Crippen LogP contribution >= 0.6 is 11.6 Å². The van der Waals surface area contributed by atoms with Crippen LogP contribution in [0.3, 0.4) is 0 Å². The lowest BCUT2D eigenvalue weighted by molar-refractivity contribution is 0.0937. The molecule has 0 saturated carbocycles. The molecule has 0 fully saturated rings. The molecule has 1 atom stereocenters. The van der Waals surface area contributed by atoms with Crippen LogP contribution in [0.5, 0.6) is 0 Å². The highest BCUT2D eigenvalue weighted by Gasteiger charge is 2.20. The van der Waals surface area contributed by atoms with E-state index in [2.05, 4.69) is 20.5 Å². The molecule has 0 aliphatic rings. The predicted molar refractivity (Wildman–Crippen MR) is 105 cm³/mol. The summed E-state index contributed by atoms with van der Waals surface area (Å²) in [7, 11) is -2.02. The number of aromatic nitrogens is 5. The molecule has 1 N–H and O–H groups in total. The van der Waals surface area contributed by atoms with E-state index in [-0.39, 0.29) is 21.0 Å². The van der Waals surface area contributed by atoms with Gasteiger partial charge in [0, 0.05) is 30.0 Å². The first-order valence-electron chi connectivity index (χ1n) is 8.32. The Hall–Kier alpha value is -3.05. The molecular formula is C17H17ClN6O4S. The molecular weight excluding hydrogens is 420 g/mol. The van der Waals surface area contributed by atoms with E-state index in [4.69, 9.17) is 11.6 Å². The molecule has 10 nitrogen and oxygen atoms in total. The summed E-state index contributed by atoms with van der Waals surface area (Å²) in [6.07, 6.45) is 2.33. The van der Waals surface area contributed by atoms with Gasteiger partial charge in [-0.1, -0.05) is 11.6 Å². The number of rotatable bonds is 5. The van der Waals surface area contributed by atoms with E-state index in [1.165, 1.54) is 48.4 Å². The third kappa shape index (κ3) is 4.51. The molecule has 0 unspecified atom stereocenters. The van der Waals surface area contributed by atoms with Crippen LogP contribution in [-0.4, -0.2) is 45.1 Å². The van der Waals surface area contributed by atoms with Gasteiger partial charge in [0.15, 0.2) is 21.5 Å². The molecule has 0 aliphatic carbocycles. The van der Waals surface area contributed by atoms with Crippen molar-refractivity contribution in [3.8, 4) is 5.82 Å². The fourth-order valence-corrected chi connectivity index (χ4v) is 3.56. The van der Waals surface area contributed by atoms with Gasteiger partial charge in [0.1, 0.15) is 6.33 Å². The number of nitrogens with one attached hydrogen (secondary N) is 1. The van der Waals surface area contributed by atoms with Crippen LogP contribution < -0.4 is 10.9 Å². The molecule has 12 heteroatoms. The summed E-state index contributed by atoms with van der Waals surface area (Å²) in [5.74, 6) is 0.186. The molecule has 0 radical (unpaired) electrons. The average Bonchev–Trinajstić information content (AvgIpc) is 3.12. The van der Waals surface area contributed by atoms with Crippen molar-refractivity contribution >= 4 is 27.3 Å². The van der Waals surface area contributed by atoms with Crippen molar-refractivity contribution in [2.75, 3.05) is 6.26 Å². The third-order valence-corrected chi connectivity index (χ3v) is 5.34. The number of amides is 1. The number of hydrogen-bond acceptors (Lipinski definition) is 7. The van der Waals surface area contributed by atoms with Gasteiger partial charge in [-0.15, -0.1) is 5.10 Å². The van der Waals surface area contributed by atoms with E-state index in [1.807, 2.05) is 0 Å². The second-order valence-electron chi connectivity index (χ2n) is 6.33.